The van der Waals surface area contributed by atoms with E-state index in [1.807, 2.05) is 30.3 Å². The lowest BCUT2D eigenvalue weighted by molar-refractivity contribution is -0.329. The monoisotopic (exact) mass is 475 g/mol. The van der Waals surface area contributed by atoms with Crippen LogP contribution in [-0.4, -0.2) is 70.9 Å². The standard InChI is InChI=1S/C24H26ClNO7/c1-31-26-10-2-3-15-4-6-16(7-5-15)11-17-12-18(8-9-19(17)25)24-22(30)20(28)21(29)23(13-27,33-24)14-32-24/h2-10,12,20-22,27-30H,11,13-14H2,1H3/b3-2+,26-10+/t20-,21-,22+,23-,24-/m0/s1. The highest BCUT2D eigenvalue weighted by atomic mass is 35.5. The zero-order valence-electron chi connectivity index (χ0n) is 18.0. The van der Waals surface area contributed by atoms with E-state index in [4.69, 9.17) is 21.1 Å². The number of hydrogen-bond donors (Lipinski definition) is 4. The number of fused-ring (bicyclic) bond motifs is 2. The van der Waals surface area contributed by atoms with Gasteiger partial charge in [-0.1, -0.05) is 53.2 Å². The fourth-order valence-corrected chi connectivity index (χ4v) is 4.40. The molecule has 8 nitrogen and oxygen atoms in total. The fraction of sp³-hybridized carbons (Fsp3) is 0.375. The summed E-state index contributed by atoms with van der Waals surface area (Å²) in [4.78, 5) is 4.61. The van der Waals surface area contributed by atoms with Crippen molar-refractivity contribution in [3.05, 3.63) is 75.8 Å². The largest absolute Gasteiger partial charge is 0.399 e. The molecule has 2 aromatic rings. The molecule has 2 bridgehead atoms. The third-order valence-corrected chi connectivity index (χ3v) is 6.46. The fourth-order valence-electron chi connectivity index (χ4n) is 4.22. The summed E-state index contributed by atoms with van der Waals surface area (Å²) in [7, 11) is 1.48. The van der Waals surface area contributed by atoms with Gasteiger partial charge in [0.05, 0.1) is 19.4 Å². The lowest BCUT2D eigenvalue weighted by Gasteiger charge is -2.46. The van der Waals surface area contributed by atoms with Crippen LogP contribution in [0.25, 0.3) is 6.08 Å². The van der Waals surface area contributed by atoms with Crippen LogP contribution in [0, 0.1) is 0 Å². The Morgan fingerprint density at radius 1 is 1.15 bits per heavy atom. The van der Waals surface area contributed by atoms with Crippen molar-refractivity contribution in [3.63, 3.8) is 0 Å². The minimum Gasteiger partial charge on any atom is -0.399 e. The molecule has 9 heteroatoms. The Hall–Kier alpha value is -2.30. The Kier molecular flexibility index (Phi) is 6.88. The lowest BCUT2D eigenvalue weighted by Crippen LogP contribution is -2.65. The number of oxime groups is 1. The highest BCUT2D eigenvalue weighted by Gasteiger charge is 2.67. The summed E-state index contributed by atoms with van der Waals surface area (Å²) in [6, 6.07) is 12.9. The molecular formula is C24H26ClNO7. The van der Waals surface area contributed by atoms with Gasteiger partial charge in [-0.2, -0.15) is 0 Å². The van der Waals surface area contributed by atoms with Gasteiger partial charge in [-0.15, -0.1) is 0 Å². The van der Waals surface area contributed by atoms with E-state index in [0.717, 1.165) is 16.7 Å². The van der Waals surface area contributed by atoms with Crippen LogP contribution in [0.3, 0.4) is 0 Å². The summed E-state index contributed by atoms with van der Waals surface area (Å²) in [6.45, 7) is -0.751. The predicted octanol–water partition coefficient (Wildman–Crippen LogP) is 1.60. The van der Waals surface area contributed by atoms with E-state index in [0.29, 0.717) is 17.0 Å². The Labute approximate surface area is 196 Å². The topological polar surface area (TPSA) is 121 Å². The maximum atomic E-state index is 10.7. The number of aliphatic hydroxyl groups is 4. The van der Waals surface area contributed by atoms with Crippen molar-refractivity contribution < 1.29 is 34.7 Å². The van der Waals surface area contributed by atoms with Crippen molar-refractivity contribution in [3.8, 4) is 0 Å². The van der Waals surface area contributed by atoms with Crippen LogP contribution in [0.15, 0.2) is 53.7 Å². The molecule has 0 saturated carbocycles. The van der Waals surface area contributed by atoms with Gasteiger partial charge in [0, 0.05) is 10.6 Å². The van der Waals surface area contributed by atoms with Crippen LogP contribution in [0.1, 0.15) is 22.3 Å². The SMILES string of the molecule is CO/N=C/C=C/c1ccc(Cc2cc([C@]34OC[C@](CO)(O3)[C@@H](O)[C@H](O)[C@H]4O)ccc2Cl)cc1. The quantitative estimate of drug-likeness (QED) is 0.354. The molecule has 2 saturated heterocycles. The number of halogens is 1. The molecule has 2 aliphatic heterocycles. The first-order valence-electron chi connectivity index (χ1n) is 10.5. The molecule has 2 aliphatic rings. The van der Waals surface area contributed by atoms with Gasteiger partial charge in [0.15, 0.2) is 0 Å². The van der Waals surface area contributed by atoms with Crippen molar-refractivity contribution in [1.29, 1.82) is 0 Å². The third-order valence-electron chi connectivity index (χ3n) is 6.09. The van der Waals surface area contributed by atoms with E-state index in [2.05, 4.69) is 9.99 Å². The van der Waals surface area contributed by atoms with Gasteiger partial charge in [-0.3, -0.25) is 0 Å². The first-order chi connectivity index (χ1) is 15.8. The van der Waals surface area contributed by atoms with Crippen LogP contribution in [-0.2, 0) is 26.5 Å². The van der Waals surface area contributed by atoms with Crippen LogP contribution < -0.4 is 0 Å². The molecule has 0 spiro atoms. The van der Waals surface area contributed by atoms with Gasteiger partial charge in [0.1, 0.15) is 31.0 Å². The molecule has 2 heterocycles. The van der Waals surface area contributed by atoms with Crippen molar-refractivity contribution in [2.75, 3.05) is 20.3 Å². The zero-order valence-corrected chi connectivity index (χ0v) is 18.7. The maximum absolute atomic E-state index is 10.7. The third kappa shape index (κ3) is 4.31. The molecule has 2 fully saturated rings. The van der Waals surface area contributed by atoms with E-state index in [-0.39, 0.29) is 6.61 Å². The number of allylic oxidation sites excluding steroid dienone is 1. The Morgan fingerprint density at radius 3 is 2.61 bits per heavy atom. The lowest BCUT2D eigenvalue weighted by atomic mass is 9.83. The van der Waals surface area contributed by atoms with E-state index in [1.165, 1.54) is 7.11 Å². The molecule has 176 valence electrons. The van der Waals surface area contributed by atoms with Crippen molar-refractivity contribution in [1.82, 2.24) is 0 Å². The van der Waals surface area contributed by atoms with Crippen LogP contribution in [0.4, 0.5) is 0 Å². The summed E-state index contributed by atoms with van der Waals surface area (Å²) < 4.78 is 11.7. The summed E-state index contributed by atoms with van der Waals surface area (Å²) >= 11 is 6.45. The minimum absolute atomic E-state index is 0.180. The van der Waals surface area contributed by atoms with Gasteiger partial charge in [-0.05, 0) is 41.3 Å². The molecule has 0 radical (unpaired) electrons. The Balaban J connectivity index is 1.59. The molecule has 5 atom stereocenters. The van der Waals surface area contributed by atoms with Crippen LogP contribution in [0.5, 0.6) is 0 Å². The molecule has 2 aromatic carbocycles. The van der Waals surface area contributed by atoms with Crippen molar-refractivity contribution >= 4 is 23.9 Å². The van der Waals surface area contributed by atoms with Gasteiger partial charge in [0.25, 0.3) is 0 Å². The summed E-state index contributed by atoms with van der Waals surface area (Å²) in [5.41, 5.74) is 1.68. The molecule has 0 unspecified atom stereocenters. The van der Waals surface area contributed by atoms with E-state index in [1.54, 1.807) is 30.5 Å². The van der Waals surface area contributed by atoms with E-state index < -0.39 is 36.3 Å². The molecule has 4 rings (SSSR count). The second-order valence-corrected chi connectivity index (χ2v) is 8.59. The molecule has 33 heavy (non-hydrogen) atoms. The van der Waals surface area contributed by atoms with Gasteiger partial charge < -0.3 is 34.7 Å². The van der Waals surface area contributed by atoms with Crippen LogP contribution >= 0.6 is 11.6 Å². The summed E-state index contributed by atoms with van der Waals surface area (Å²) in [5.74, 6) is -1.72. The average molecular weight is 476 g/mol. The number of ether oxygens (including phenoxy) is 2. The smallest absolute Gasteiger partial charge is 0.225 e. The summed E-state index contributed by atoms with van der Waals surface area (Å²) in [6.07, 6.45) is 1.11. The summed E-state index contributed by atoms with van der Waals surface area (Å²) in [5, 5.41) is 45.4. The van der Waals surface area contributed by atoms with E-state index in [9.17, 15) is 20.4 Å². The first kappa shape index (κ1) is 23.8. The number of benzene rings is 2. The Bertz CT molecular complexity index is 1040. The molecule has 0 aliphatic carbocycles. The number of nitrogens with zero attached hydrogens (tertiary/aromatic N) is 1. The number of aliphatic hydroxyl groups excluding tert-OH is 4. The molecule has 0 amide bonds. The minimum atomic E-state index is -1.72. The predicted molar refractivity (Wildman–Crippen MR) is 122 cm³/mol. The second-order valence-electron chi connectivity index (χ2n) is 8.18. The highest BCUT2D eigenvalue weighted by Crippen LogP contribution is 2.49. The zero-order chi connectivity index (χ0) is 23.6. The molecule has 0 aromatic heterocycles. The molecule has 4 N–H and O–H groups in total. The second kappa shape index (κ2) is 9.52. The first-order valence-corrected chi connectivity index (χ1v) is 10.8. The van der Waals surface area contributed by atoms with Crippen LogP contribution in [0.2, 0.25) is 5.02 Å². The van der Waals surface area contributed by atoms with Crippen molar-refractivity contribution in [2.24, 2.45) is 5.16 Å². The van der Waals surface area contributed by atoms with Gasteiger partial charge in [0.2, 0.25) is 5.79 Å². The van der Waals surface area contributed by atoms with Crippen molar-refractivity contribution in [2.45, 2.75) is 36.1 Å². The average Bonchev–Trinajstić information content (AvgIpc) is 3.22. The molecular weight excluding hydrogens is 450 g/mol. The van der Waals surface area contributed by atoms with E-state index >= 15 is 0 Å². The van der Waals surface area contributed by atoms with Gasteiger partial charge >= 0.3 is 0 Å². The number of rotatable bonds is 7. The van der Waals surface area contributed by atoms with Gasteiger partial charge in [-0.25, -0.2) is 0 Å². The highest BCUT2D eigenvalue weighted by molar-refractivity contribution is 6.31. The normalized spacial score (nSPS) is 31.5. The Morgan fingerprint density at radius 2 is 1.91 bits per heavy atom. The maximum Gasteiger partial charge on any atom is 0.225 e. The number of hydrogen-bond acceptors (Lipinski definition) is 8.